The third kappa shape index (κ3) is 4.57. The summed E-state index contributed by atoms with van der Waals surface area (Å²) in [6.45, 7) is 4.35. The molecule has 0 amide bonds. The van der Waals surface area contributed by atoms with E-state index in [9.17, 15) is 0 Å². The molecule has 1 rings (SSSR count). The summed E-state index contributed by atoms with van der Waals surface area (Å²) in [4.78, 5) is 2.53. The predicted molar refractivity (Wildman–Crippen MR) is 73.4 cm³/mol. The maximum Gasteiger partial charge on any atom is 0.0474 e. The Kier molecular flexibility index (Phi) is 7.09. The van der Waals surface area contributed by atoms with Crippen LogP contribution in [0.3, 0.4) is 0 Å². The summed E-state index contributed by atoms with van der Waals surface area (Å²) < 4.78 is 5.13. The lowest BCUT2D eigenvalue weighted by molar-refractivity contribution is 0.107. The quantitative estimate of drug-likeness (QED) is 0.692. The summed E-state index contributed by atoms with van der Waals surface area (Å²) >= 11 is 0. The van der Waals surface area contributed by atoms with Crippen molar-refractivity contribution in [3.63, 3.8) is 0 Å². The number of ether oxygens (including phenoxy) is 1. The van der Waals surface area contributed by atoms with Crippen molar-refractivity contribution >= 4 is 0 Å². The number of rotatable bonds is 7. The van der Waals surface area contributed by atoms with Crippen molar-refractivity contribution < 1.29 is 4.74 Å². The topological polar surface area (TPSA) is 24.5 Å². The second-order valence-corrected chi connectivity index (χ2v) is 5.38. The zero-order chi connectivity index (χ0) is 12.7. The minimum absolute atomic E-state index is 0.672. The van der Waals surface area contributed by atoms with Gasteiger partial charge in [0.1, 0.15) is 0 Å². The summed E-state index contributed by atoms with van der Waals surface area (Å²) in [6, 6.07) is 1.38. The molecule has 1 aliphatic carbocycles. The predicted octanol–water partition coefficient (Wildman–Crippen LogP) is 2.12. The zero-order valence-corrected chi connectivity index (χ0v) is 12.0. The lowest BCUT2D eigenvalue weighted by Gasteiger charge is -2.41. The lowest BCUT2D eigenvalue weighted by atomic mass is 9.80. The maximum atomic E-state index is 5.13. The first-order valence-electron chi connectivity index (χ1n) is 7.09. The van der Waals surface area contributed by atoms with Gasteiger partial charge in [0.2, 0.25) is 0 Å². The molecule has 0 aliphatic heterocycles. The SMILES string of the molecule is CCC1CCC(NC)C(N(C)CCCOC)C1. The van der Waals surface area contributed by atoms with Crippen molar-refractivity contribution in [2.45, 2.75) is 51.1 Å². The molecule has 0 aromatic rings. The molecule has 0 saturated heterocycles. The standard InChI is InChI=1S/C14H30N2O/c1-5-12-7-8-13(15-2)14(11-12)16(3)9-6-10-17-4/h12-15H,5-11H2,1-4H3. The molecule has 0 heterocycles. The Labute approximate surface area is 107 Å². The highest BCUT2D eigenvalue weighted by atomic mass is 16.5. The Hall–Kier alpha value is -0.120. The molecule has 0 aromatic heterocycles. The molecule has 3 heteroatoms. The summed E-state index contributed by atoms with van der Waals surface area (Å²) in [6.07, 6.45) is 6.54. The van der Waals surface area contributed by atoms with Gasteiger partial charge in [0.15, 0.2) is 0 Å². The van der Waals surface area contributed by atoms with Gasteiger partial charge in [-0.25, -0.2) is 0 Å². The highest BCUT2D eigenvalue weighted by Crippen LogP contribution is 2.29. The monoisotopic (exact) mass is 242 g/mol. The molecule has 0 radical (unpaired) electrons. The first-order chi connectivity index (χ1) is 8.22. The van der Waals surface area contributed by atoms with Gasteiger partial charge in [0, 0.05) is 32.3 Å². The normalized spacial score (nSPS) is 29.8. The molecule has 0 spiro atoms. The van der Waals surface area contributed by atoms with Crippen LogP contribution in [0.25, 0.3) is 0 Å². The number of nitrogens with zero attached hydrogens (tertiary/aromatic N) is 1. The van der Waals surface area contributed by atoms with Gasteiger partial charge in [-0.2, -0.15) is 0 Å². The minimum Gasteiger partial charge on any atom is -0.385 e. The average molecular weight is 242 g/mol. The van der Waals surface area contributed by atoms with Gasteiger partial charge in [-0.3, -0.25) is 0 Å². The number of methoxy groups -OCH3 is 1. The van der Waals surface area contributed by atoms with Gasteiger partial charge in [0.05, 0.1) is 0 Å². The first-order valence-corrected chi connectivity index (χ1v) is 7.09. The molecule has 3 unspecified atom stereocenters. The summed E-state index contributed by atoms with van der Waals surface area (Å²) in [5.74, 6) is 0.925. The van der Waals surface area contributed by atoms with Crippen LogP contribution in [0.1, 0.15) is 39.0 Å². The number of hydrogen-bond donors (Lipinski definition) is 1. The van der Waals surface area contributed by atoms with Gasteiger partial charge in [0.25, 0.3) is 0 Å². The Morgan fingerprint density at radius 1 is 1.35 bits per heavy atom. The Balaban J connectivity index is 2.44. The smallest absolute Gasteiger partial charge is 0.0474 e. The molecule has 1 N–H and O–H groups in total. The molecular weight excluding hydrogens is 212 g/mol. The maximum absolute atomic E-state index is 5.13. The van der Waals surface area contributed by atoms with Crippen LogP contribution in [0.5, 0.6) is 0 Å². The molecule has 1 saturated carbocycles. The van der Waals surface area contributed by atoms with Gasteiger partial charge in [-0.05, 0) is 45.7 Å². The van der Waals surface area contributed by atoms with Crippen LogP contribution in [-0.4, -0.2) is 51.3 Å². The van der Waals surface area contributed by atoms with Crippen molar-refractivity contribution in [2.75, 3.05) is 34.4 Å². The van der Waals surface area contributed by atoms with Crippen molar-refractivity contribution in [2.24, 2.45) is 5.92 Å². The molecule has 3 nitrogen and oxygen atoms in total. The van der Waals surface area contributed by atoms with E-state index in [-0.39, 0.29) is 0 Å². The van der Waals surface area contributed by atoms with Crippen LogP contribution in [0, 0.1) is 5.92 Å². The van der Waals surface area contributed by atoms with Gasteiger partial charge in [-0.15, -0.1) is 0 Å². The third-order valence-corrected chi connectivity index (χ3v) is 4.30. The van der Waals surface area contributed by atoms with E-state index in [1.807, 2.05) is 0 Å². The first kappa shape index (κ1) is 14.9. The Morgan fingerprint density at radius 2 is 2.12 bits per heavy atom. The summed E-state index contributed by atoms with van der Waals surface area (Å²) in [7, 11) is 6.15. The third-order valence-electron chi connectivity index (χ3n) is 4.30. The van der Waals surface area contributed by atoms with Gasteiger partial charge >= 0.3 is 0 Å². The fraction of sp³-hybridized carbons (Fsp3) is 1.00. The summed E-state index contributed by atoms with van der Waals surface area (Å²) in [5.41, 5.74) is 0. The fourth-order valence-corrected chi connectivity index (χ4v) is 3.05. The van der Waals surface area contributed by atoms with E-state index in [2.05, 4.69) is 31.2 Å². The Morgan fingerprint density at radius 3 is 2.71 bits per heavy atom. The van der Waals surface area contributed by atoms with Crippen molar-refractivity contribution in [3.8, 4) is 0 Å². The number of nitrogens with one attached hydrogen (secondary N) is 1. The molecular formula is C14H30N2O. The molecule has 3 atom stereocenters. The molecule has 0 aromatic carbocycles. The van der Waals surface area contributed by atoms with Crippen molar-refractivity contribution in [1.29, 1.82) is 0 Å². The number of hydrogen-bond acceptors (Lipinski definition) is 3. The average Bonchev–Trinajstić information content (AvgIpc) is 2.38. The van der Waals surface area contributed by atoms with Crippen LogP contribution >= 0.6 is 0 Å². The lowest BCUT2D eigenvalue weighted by Crippen LogP contribution is -2.51. The van der Waals surface area contributed by atoms with Crippen LogP contribution < -0.4 is 5.32 Å². The molecule has 102 valence electrons. The van der Waals surface area contributed by atoms with Crippen molar-refractivity contribution in [1.82, 2.24) is 10.2 Å². The van der Waals surface area contributed by atoms with Gasteiger partial charge in [-0.1, -0.05) is 13.3 Å². The van der Waals surface area contributed by atoms with E-state index >= 15 is 0 Å². The highest BCUT2D eigenvalue weighted by Gasteiger charge is 2.31. The van der Waals surface area contributed by atoms with E-state index < -0.39 is 0 Å². The van der Waals surface area contributed by atoms with Crippen LogP contribution in [0.15, 0.2) is 0 Å². The fourth-order valence-electron chi connectivity index (χ4n) is 3.05. The molecule has 1 fully saturated rings. The second-order valence-electron chi connectivity index (χ2n) is 5.38. The highest BCUT2D eigenvalue weighted by molar-refractivity contribution is 4.89. The molecule has 1 aliphatic rings. The van der Waals surface area contributed by atoms with E-state index in [0.29, 0.717) is 12.1 Å². The van der Waals surface area contributed by atoms with Crippen LogP contribution in [-0.2, 0) is 4.74 Å². The molecule has 17 heavy (non-hydrogen) atoms. The minimum atomic E-state index is 0.672. The van der Waals surface area contributed by atoms with Crippen LogP contribution in [0.4, 0.5) is 0 Å². The van der Waals surface area contributed by atoms with Crippen LogP contribution in [0.2, 0.25) is 0 Å². The molecule has 0 bridgehead atoms. The van der Waals surface area contributed by atoms with E-state index in [0.717, 1.165) is 25.5 Å². The zero-order valence-electron chi connectivity index (χ0n) is 12.0. The van der Waals surface area contributed by atoms with E-state index in [4.69, 9.17) is 4.74 Å². The second kappa shape index (κ2) is 8.06. The van der Waals surface area contributed by atoms with Crippen molar-refractivity contribution in [3.05, 3.63) is 0 Å². The summed E-state index contributed by atoms with van der Waals surface area (Å²) in [5, 5.41) is 3.50. The van der Waals surface area contributed by atoms with E-state index in [1.165, 1.54) is 25.7 Å². The largest absolute Gasteiger partial charge is 0.385 e. The Bertz CT molecular complexity index is 199. The number of likely N-dealkylation sites (N-methyl/N-ethyl adjacent to an activating group) is 2. The van der Waals surface area contributed by atoms with E-state index in [1.54, 1.807) is 7.11 Å². The van der Waals surface area contributed by atoms with Gasteiger partial charge < -0.3 is 15.0 Å².